The fourth-order valence-electron chi connectivity index (χ4n) is 1.81. The van der Waals surface area contributed by atoms with E-state index in [1.54, 1.807) is 7.11 Å². The molecule has 2 rings (SSSR count). The molecule has 5 heteroatoms. The second-order valence-electron chi connectivity index (χ2n) is 4.43. The van der Waals surface area contributed by atoms with Crippen LogP contribution in [0.3, 0.4) is 0 Å². The van der Waals surface area contributed by atoms with Crippen molar-refractivity contribution in [1.29, 1.82) is 0 Å². The minimum absolute atomic E-state index is 0.387. The summed E-state index contributed by atoms with van der Waals surface area (Å²) in [4.78, 5) is 0. The van der Waals surface area contributed by atoms with Gasteiger partial charge in [-0.3, -0.25) is 0 Å². The summed E-state index contributed by atoms with van der Waals surface area (Å²) in [6.45, 7) is 4.69. The number of nitrogens with one attached hydrogen (secondary N) is 1. The first-order chi connectivity index (χ1) is 9.81. The van der Waals surface area contributed by atoms with Crippen molar-refractivity contribution in [3.05, 3.63) is 47.3 Å². The highest BCUT2D eigenvalue weighted by Gasteiger charge is 2.05. The molecule has 20 heavy (non-hydrogen) atoms. The van der Waals surface area contributed by atoms with Crippen LogP contribution in [-0.2, 0) is 24.5 Å². The Bertz CT molecular complexity index is 525. The summed E-state index contributed by atoms with van der Waals surface area (Å²) in [6.07, 6.45) is 0. The third-order valence-corrected chi connectivity index (χ3v) is 2.76. The molecule has 1 heterocycles. The van der Waals surface area contributed by atoms with Gasteiger partial charge in [0.1, 0.15) is 24.7 Å². The second kappa shape index (κ2) is 7.67. The largest absolute Gasteiger partial charge is 0.487 e. The summed E-state index contributed by atoms with van der Waals surface area (Å²) in [5.41, 5.74) is 1.96. The maximum atomic E-state index is 5.71. The van der Waals surface area contributed by atoms with Crippen molar-refractivity contribution in [1.82, 2.24) is 10.5 Å². The van der Waals surface area contributed by atoms with Gasteiger partial charge in [0.25, 0.3) is 0 Å². The van der Waals surface area contributed by atoms with E-state index >= 15 is 0 Å². The Morgan fingerprint density at radius 3 is 2.95 bits per heavy atom. The molecule has 0 bridgehead atoms. The number of ether oxygens (including phenoxy) is 2. The zero-order valence-corrected chi connectivity index (χ0v) is 11.9. The van der Waals surface area contributed by atoms with Crippen LogP contribution in [0.1, 0.15) is 23.9 Å². The normalized spacial score (nSPS) is 10.7. The molecule has 1 aromatic carbocycles. The first-order valence-electron chi connectivity index (χ1n) is 6.67. The van der Waals surface area contributed by atoms with E-state index < -0.39 is 0 Å². The summed E-state index contributed by atoms with van der Waals surface area (Å²) >= 11 is 0. The first kappa shape index (κ1) is 14.6. The van der Waals surface area contributed by atoms with Crippen LogP contribution in [0.4, 0.5) is 0 Å². The van der Waals surface area contributed by atoms with Gasteiger partial charge in [0.15, 0.2) is 5.76 Å². The number of nitrogens with zero attached hydrogens (tertiary/aromatic N) is 1. The highest BCUT2D eigenvalue weighted by atomic mass is 16.5. The fourth-order valence-corrected chi connectivity index (χ4v) is 1.81. The Kier molecular flexibility index (Phi) is 5.58. The number of benzene rings is 1. The van der Waals surface area contributed by atoms with E-state index in [0.29, 0.717) is 19.0 Å². The van der Waals surface area contributed by atoms with Gasteiger partial charge in [0.2, 0.25) is 0 Å². The Balaban J connectivity index is 1.89. The van der Waals surface area contributed by atoms with Crippen LogP contribution < -0.4 is 10.1 Å². The molecule has 108 valence electrons. The molecule has 0 radical (unpaired) electrons. The Hall–Kier alpha value is -1.85. The van der Waals surface area contributed by atoms with Crippen molar-refractivity contribution in [3.63, 3.8) is 0 Å². The minimum atomic E-state index is 0.387. The van der Waals surface area contributed by atoms with Gasteiger partial charge in [-0.05, 0) is 24.2 Å². The highest BCUT2D eigenvalue weighted by molar-refractivity contribution is 5.28. The quantitative estimate of drug-likeness (QED) is 0.803. The SMILES string of the molecule is CCNCc1cccc(OCc2cc(COC)on2)c1. The first-order valence-corrected chi connectivity index (χ1v) is 6.67. The molecule has 1 N–H and O–H groups in total. The van der Waals surface area contributed by atoms with Crippen molar-refractivity contribution in [2.24, 2.45) is 0 Å². The number of hydrogen-bond acceptors (Lipinski definition) is 5. The Labute approximate surface area is 118 Å². The zero-order chi connectivity index (χ0) is 14.2. The van der Waals surface area contributed by atoms with Gasteiger partial charge in [0, 0.05) is 19.7 Å². The van der Waals surface area contributed by atoms with Crippen LogP contribution in [0, 0.1) is 0 Å². The molecule has 0 atom stereocenters. The number of aromatic nitrogens is 1. The molecule has 2 aromatic rings. The number of rotatable bonds is 8. The number of methoxy groups -OCH3 is 1. The van der Waals surface area contributed by atoms with Gasteiger partial charge in [0.05, 0.1) is 0 Å². The van der Waals surface area contributed by atoms with E-state index in [2.05, 4.69) is 23.5 Å². The lowest BCUT2D eigenvalue weighted by molar-refractivity contribution is 0.155. The smallest absolute Gasteiger partial charge is 0.162 e. The molecule has 0 saturated heterocycles. The molecule has 0 saturated carbocycles. The van der Waals surface area contributed by atoms with Gasteiger partial charge in [-0.25, -0.2) is 0 Å². The summed E-state index contributed by atoms with van der Waals surface area (Å²) in [7, 11) is 1.62. The maximum Gasteiger partial charge on any atom is 0.162 e. The average Bonchev–Trinajstić information content (AvgIpc) is 2.92. The highest BCUT2D eigenvalue weighted by Crippen LogP contribution is 2.15. The van der Waals surface area contributed by atoms with Crippen LogP contribution in [0.25, 0.3) is 0 Å². The molecule has 0 amide bonds. The summed E-state index contributed by atoms with van der Waals surface area (Å²) < 4.78 is 15.8. The molecule has 0 aliphatic rings. The lowest BCUT2D eigenvalue weighted by Gasteiger charge is -2.07. The maximum absolute atomic E-state index is 5.71. The fraction of sp³-hybridized carbons (Fsp3) is 0.400. The van der Waals surface area contributed by atoms with E-state index in [4.69, 9.17) is 14.0 Å². The third-order valence-electron chi connectivity index (χ3n) is 2.76. The molecule has 0 aliphatic carbocycles. The Morgan fingerprint density at radius 2 is 2.15 bits per heavy atom. The van der Waals surface area contributed by atoms with Gasteiger partial charge in [-0.2, -0.15) is 0 Å². The summed E-state index contributed by atoms with van der Waals surface area (Å²) in [5.74, 6) is 1.53. The third kappa shape index (κ3) is 4.36. The van der Waals surface area contributed by atoms with Crippen LogP contribution in [-0.4, -0.2) is 18.8 Å². The van der Waals surface area contributed by atoms with Crippen LogP contribution in [0.2, 0.25) is 0 Å². The Morgan fingerprint density at radius 1 is 1.25 bits per heavy atom. The molecule has 1 aromatic heterocycles. The van der Waals surface area contributed by atoms with Crippen molar-refractivity contribution in [3.8, 4) is 5.75 Å². The van der Waals surface area contributed by atoms with E-state index in [1.807, 2.05) is 24.3 Å². The lowest BCUT2D eigenvalue weighted by Crippen LogP contribution is -2.11. The lowest BCUT2D eigenvalue weighted by atomic mass is 10.2. The van der Waals surface area contributed by atoms with Gasteiger partial charge < -0.3 is 19.3 Å². The van der Waals surface area contributed by atoms with E-state index in [9.17, 15) is 0 Å². The topological polar surface area (TPSA) is 56.5 Å². The zero-order valence-electron chi connectivity index (χ0n) is 11.9. The van der Waals surface area contributed by atoms with E-state index in [1.165, 1.54) is 5.56 Å². The molecular weight excluding hydrogens is 256 g/mol. The molecule has 0 spiro atoms. The van der Waals surface area contributed by atoms with Crippen molar-refractivity contribution >= 4 is 0 Å². The van der Waals surface area contributed by atoms with Crippen molar-refractivity contribution < 1.29 is 14.0 Å². The molecule has 0 fully saturated rings. The van der Waals surface area contributed by atoms with Gasteiger partial charge in [-0.1, -0.05) is 24.2 Å². The predicted octanol–water partition coefficient (Wildman–Crippen LogP) is 2.51. The van der Waals surface area contributed by atoms with E-state index in [0.717, 1.165) is 24.5 Å². The van der Waals surface area contributed by atoms with Crippen molar-refractivity contribution in [2.45, 2.75) is 26.7 Å². The van der Waals surface area contributed by atoms with Crippen LogP contribution in [0.5, 0.6) is 5.75 Å². The van der Waals surface area contributed by atoms with Crippen molar-refractivity contribution in [2.75, 3.05) is 13.7 Å². The minimum Gasteiger partial charge on any atom is -0.487 e. The van der Waals surface area contributed by atoms with Gasteiger partial charge >= 0.3 is 0 Å². The monoisotopic (exact) mass is 276 g/mol. The van der Waals surface area contributed by atoms with Crippen LogP contribution >= 0.6 is 0 Å². The molecule has 0 unspecified atom stereocenters. The number of hydrogen-bond donors (Lipinski definition) is 1. The van der Waals surface area contributed by atoms with Crippen LogP contribution in [0.15, 0.2) is 34.9 Å². The molecular formula is C15H20N2O3. The van der Waals surface area contributed by atoms with E-state index in [-0.39, 0.29) is 0 Å². The molecule has 0 aliphatic heterocycles. The standard InChI is InChI=1S/C15H20N2O3/c1-3-16-9-12-5-4-6-14(7-12)19-10-13-8-15(11-18-2)20-17-13/h4-8,16H,3,9-11H2,1-2H3. The molecule has 5 nitrogen and oxygen atoms in total. The van der Waals surface area contributed by atoms with Gasteiger partial charge in [-0.15, -0.1) is 0 Å². The summed E-state index contributed by atoms with van der Waals surface area (Å²) in [5, 5.41) is 7.22. The predicted molar refractivity (Wildman–Crippen MR) is 75.4 cm³/mol. The average molecular weight is 276 g/mol. The second-order valence-corrected chi connectivity index (χ2v) is 4.43. The summed E-state index contributed by atoms with van der Waals surface area (Å²) in [6, 6.07) is 9.86.